The lowest BCUT2D eigenvalue weighted by atomic mass is 10.5. The van der Waals surface area contributed by atoms with Crippen molar-refractivity contribution >= 4 is 17.9 Å². The van der Waals surface area contributed by atoms with Gasteiger partial charge in [0.1, 0.15) is 0 Å². The van der Waals surface area contributed by atoms with Crippen molar-refractivity contribution in [2.45, 2.75) is 20.3 Å². The van der Waals surface area contributed by atoms with E-state index >= 15 is 0 Å². The van der Waals surface area contributed by atoms with Gasteiger partial charge < -0.3 is 14.2 Å². The normalized spacial score (nSPS) is 7.57. The van der Waals surface area contributed by atoms with Gasteiger partial charge in [0.05, 0.1) is 20.3 Å². The summed E-state index contributed by atoms with van der Waals surface area (Å²) in [5.41, 5.74) is 0. The number of carbonyl (C=O) groups excluding carboxylic acids is 3. The zero-order valence-corrected chi connectivity index (χ0v) is 12.9. The first kappa shape index (κ1) is 23.7. The number of esters is 3. The minimum atomic E-state index is -0.394. The summed E-state index contributed by atoms with van der Waals surface area (Å²) in [6.07, 6.45) is 4.28. The fraction of sp³-hybridized carbons (Fsp3) is 0.400. The van der Waals surface area contributed by atoms with E-state index in [2.05, 4.69) is 33.9 Å². The second kappa shape index (κ2) is 20.0. The minimum absolute atomic E-state index is 0.341. The van der Waals surface area contributed by atoms with Crippen LogP contribution >= 0.6 is 0 Å². The molecule has 0 bridgehead atoms. The standard InChI is InChI=1S/C6H10O2.C5H8O2.C4H6O2/c1-3-5-8-6(7)4-2;1-3-5(6)7-4-2;1-3-4(5)6-2/h4H,2-3,5H2,1H3;3H,1,4H2,2H3;3H,1H2,2H3. The number of ether oxygens (including phenoxy) is 3. The second-order valence-electron chi connectivity index (χ2n) is 3.06. The number of hydrogen-bond acceptors (Lipinski definition) is 6. The molecule has 0 N–H and O–H groups in total. The smallest absolute Gasteiger partial charge is 0.330 e. The Bertz CT molecular complexity index is 333. The molecule has 0 fully saturated rings. The number of rotatable bonds is 6. The summed E-state index contributed by atoms with van der Waals surface area (Å²) >= 11 is 0. The predicted octanol–water partition coefficient (Wildman–Crippen LogP) is 2.21. The molecule has 0 aromatic heterocycles. The van der Waals surface area contributed by atoms with E-state index in [1.165, 1.54) is 7.11 Å². The maximum absolute atomic E-state index is 10.2. The maximum Gasteiger partial charge on any atom is 0.330 e. The summed E-state index contributed by atoms with van der Waals surface area (Å²) in [6, 6.07) is 0. The van der Waals surface area contributed by atoms with Crippen LogP contribution in [-0.4, -0.2) is 38.2 Å². The summed E-state index contributed by atoms with van der Waals surface area (Å²) in [5, 5.41) is 0. The van der Waals surface area contributed by atoms with E-state index in [1.807, 2.05) is 6.92 Å². The maximum atomic E-state index is 10.2. The molecule has 0 heterocycles. The van der Waals surface area contributed by atoms with Gasteiger partial charge in [-0.25, -0.2) is 14.4 Å². The van der Waals surface area contributed by atoms with Gasteiger partial charge in [-0.3, -0.25) is 0 Å². The molecule has 0 aliphatic rings. The highest BCUT2D eigenvalue weighted by Crippen LogP contribution is 1.81. The van der Waals surface area contributed by atoms with E-state index in [4.69, 9.17) is 0 Å². The van der Waals surface area contributed by atoms with Gasteiger partial charge in [0.25, 0.3) is 0 Å². The zero-order chi connectivity index (χ0) is 17.1. The van der Waals surface area contributed by atoms with E-state index in [9.17, 15) is 14.4 Å². The third-order valence-electron chi connectivity index (χ3n) is 1.44. The molecule has 6 heteroatoms. The van der Waals surface area contributed by atoms with Crippen LogP contribution in [0.3, 0.4) is 0 Å². The van der Waals surface area contributed by atoms with Crippen LogP contribution in [0, 0.1) is 0 Å². The van der Waals surface area contributed by atoms with Crippen molar-refractivity contribution in [3.8, 4) is 0 Å². The minimum Gasteiger partial charge on any atom is -0.466 e. The van der Waals surface area contributed by atoms with Gasteiger partial charge in [-0.15, -0.1) is 0 Å². The Morgan fingerprint density at radius 3 is 1.48 bits per heavy atom. The van der Waals surface area contributed by atoms with Gasteiger partial charge in [-0.05, 0) is 13.3 Å². The Kier molecular flexibility index (Phi) is 22.5. The molecule has 6 nitrogen and oxygen atoms in total. The molecule has 0 rings (SSSR count). The fourth-order valence-corrected chi connectivity index (χ4v) is 0.546. The van der Waals surface area contributed by atoms with Crippen molar-refractivity contribution in [3.05, 3.63) is 38.0 Å². The third-order valence-corrected chi connectivity index (χ3v) is 1.44. The Morgan fingerprint density at radius 2 is 1.29 bits per heavy atom. The van der Waals surface area contributed by atoms with Gasteiger partial charge in [0.15, 0.2) is 0 Å². The summed E-state index contributed by atoms with van der Waals surface area (Å²) in [5.74, 6) is -1.09. The lowest BCUT2D eigenvalue weighted by Crippen LogP contribution is -1.99. The molecule has 0 saturated heterocycles. The topological polar surface area (TPSA) is 78.9 Å². The average molecular weight is 300 g/mol. The summed E-state index contributed by atoms with van der Waals surface area (Å²) in [6.45, 7) is 14.2. The van der Waals surface area contributed by atoms with Gasteiger partial charge >= 0.3 is 17.9 Å². The molecular weight excluding hydrogens is 276 g/mol. The molecule has 0 aliphatic heterocycles. The second-order valence-corrected chi connectivity index (χ2v) is 3.06. The Morgan fingerprint density at radius 1 is 0.857 bits per heavy atom. The van der Waals surface area contributed by atoms with E-state index in [0.717, 1.165) is 24.6 Å². The van der Waals surface area contributed by atoms with E-state index in [0.29, 0.717) is 13.2 Å². The first-order chi connectivity index (χ1) is 9.92. The molecule has 21 heavy (non-hydrogen) atoms. The monoisotopic (exact) mass is 300 g/mol. The molecule has 0 saturated carbocycles. The lowest BCUT2D eigenvalue weighted by molar-refractivity contribution is -0.138. The first-order valence-corrected chi connectivity index (χ1v) is 6.22. The van der Waals surface area contributed by atoms with E-state index < -0.39 is 5.97 Å². The van der Waals surface area contributed by atoms with Crippen LogP contribution in [0.5, 0.6) is 0 Å². The van der Waals surface area contributed by atoms with Crippen molar-refractivity contribution in [2.24, 2.45) is 0 Å². The molecule has 0 aromatic rings. The molecule has 0 atom stereocenters. The summed E-state index contributed by atoms with van der Waals surface area (Å²) < 4.78 is 13.2. The van der Waals surface area contributed by atoms with Gasteiger partial charge in [0.2, 0.25) is 0 Å². The highest BCUT2D eigenvalue weighted by molar-refractivity contribution is 5.81. The highest BCUT2D eigenvalue weighted by Gasteiger charge is 1.89. The quantitative estimate of drug-likeness (QED) is 0.425. The average Bonchev–Trinajstić information content (AvgIpc) is 2.52. The molecule has 0 amide bonds. The molecule has 0 radical (unpaired) electrons. The van der Waals surface area contributed by atoms with Crippen LogP contribution in [-0.2, 0) is 28.6 Å². The fourth-order valence-electron chi connectivity index (χ4n) is 0.546. The Hall–Kier alpha value is -2.37. The van der Waals surface area contributed by atoms with Crippen LogP contribution < -0.4 is 0 Å². The zero-order valence-electron chi connectivity index (χ0n) is 12.9. The van der Waals surface area contributed by atoms with Crippen LogP contribution in [0.4, 0.5) is 0 Å². The van der Waals surface area contributed by atoms with Crippen LogP contribution in [0.15, 0.2) is 38.0 Å². The number of carbonyl (C=O) groups is 3. The van der Waals surface area contributed by atoms with Crippen molar-refractivity contribution in [1.29, 1.82) is 0 Å². The summed E-state index contributed by atoms with van der Waals surface area (Å²) in [7, 11) is 1.31. The molecule has 120 valence electrons. The Balaban J connectivity index is -0.000000234. The molecule has 0 unspecified atom stereocenters. The van der Waals surface area contributed by atoms with Gasteiger partial charge in [-0.1, -0.05) is 26.7 Å². The highest BCUT2D eigenvalue weighted by atomic mass is 16.5. The van der Waals surface area contributed by atoms with E-state index in [1.54, 1.807) is 6.92 Å². The SMILES string of the molecule is C=CC(=O)OC.C=CC(=O)OCC.C=CC(=O)OCCC. The van der Waals surface area contributed by atoms with Crippen molar-refractivity contribution in [2.75, 3.05) is 20.3 Å². The number of methoxy groups -OCH3 is 1. The summed E-state index contributed by atoms with van der Waals surface area (Å²) in [4.78, 5) is 30.1. The van der Waals surface area contributed by atoms with Gasteiger partial charge in [-0.2, -0.15) is 0 Å². The van der Waals surface area contributed by atoms with Crippen molar-refractivity contribution in [1.82, 2.24) is 0 Å². The van der Waals surface area contributed by atoms with Crippen molar-refractivity contribution < 1.29 is 28.6 Å². The Labute approximate surface area is 126 Å². The van der Waals surface area contributed by atoms with Crippen LogP contribution in [0.1, 0.15) is 20.3 Å². The molecule has 0 aliphatic carbocycles. The van der Waals surface area contributed by atoms with E-state index in [-0.39, 0.29) is 11.9 Å². The van der Waals surface area contributed by atoms with Crippen LogP contribution in [0.2, 0.25) is 0 Å². The molecular formula is C15H24O6. The van der Waals surface area contributed by atoms with Crippen LogP contribution in [0.25, 0.3) is 0 Å². The lowest BCUT2D eigenvalue weighted by Gasteiger charge is -1.94. The largest absolute Gasteiger partial charge is 0.466 e. The van der Waals surface area contributed by atoms with Gasteiger partial charge in [0, 0.05) is 18.2 Å². The first-order valence-electron chi connectivity index (χ1n) is 6.22. The van der Waals surface area contributed by atoms with Crippen molar-refractivity contribution in [3.63, 3.8) is 0 Å². The third kappa shape index (κ3) is 27.0. The molecule has 0 spiro atoms. The number of hydrogen-bond donors (Lipinski definition) is 0. The molecule has 0 aromatic carbocycles. The predicted molar refractivity (Wildman–Crippen MR) is 80.5 cm³/mol.